The summed E-state index contributed by atoms with van der Waals surface area (Å²) in [6, 6.07) is 21.7. The van der Waals surface area contributed by atoms with Gasteiger partial charge in [0.25, 0.3) is 5.91 Å². The van der Waals surface area contributed by atoms with Crippen LogP contribution in [0.2, 0.25) is 0 Å². The first-order valence-electron chi connectivity index (χ1n) is 9.62. The van der Waals surface area contributed by atoms with Gasteiger partial charge in [-0.05, 0) is 67.1 Å². The van der Waals surface area contributed by atoms with E-state index in [1.54, 1.807) is 48.5 Å². The lowest BCUT2D eigenvalue weighted by atomic mass is 10.2. The van der Waals surface area contributed by atoms with E-state index in [0.717, 1.165) is 11.3 Å². The number of hydrogen-bond donors (Lipinski definition) is 1. The van der Waals surface area contributed by atoms with Crippen LogP contribution in [0.4, 0.5) is 5.69 Å². The fourth-order valence-corrected chi connectivity index (χ4v) is 4.32. The molecule has 0 aliphatic carbocycles. The second-order valence-electron chi connectivity index (χ2n) is 6.59. The van der Waals surface area contributed by atoms with Crippen LogP contribution in [0.15, 0.2) is 77.7 Å². The number of aromatic hydroxyl groups is 1. The summed E-state index contributed by atoms with van der Waals surface area (Å²) in [5.41, 5.74) is 1.42. The van der Waals surface area contributed by atoms with E-state index in [1.807, 2.05) is 37.3 Å². The zero-order chi connectivity index (χ0) is 21.8. The number of nitrogens with zero attached hydrogens (tertiary/aromatic N) is 1. The van der Waals surface area contributed by atoms with Crippen molar-refractivity contribution >= 4 is 46.0 Å². The molecule has 7 heteroatoms. The van der Waals surface area contributed by atoms with Gasteiger partial charge in [-0.25, -0.2) is 0 Å². The van der Waals surface area contributed by atoms with Crippen molar-refractivity contribution in [3.63, 3.8) is 0 Å². The average Bonchev–Trinajstić information content (AvgIpc) is 3.05. The Morgan fingerprint density at radius 1 is 1.03 bits per heavy atom. The topological polar surface area (TPSA) is 59.0 Å². The number of thioether (sulfide) groups is 1. The minimum absolute atomic E-state index is 0.0596. The molecule has 0 unspecified atom stereocenters. The van der Waals surface area contributed by atoms with Gasteiger partial charge >= 0.3 is 0 Å². The molecule has 0 radical (unpaired) electrons. The lowest BCUT2D eigenvalue weighted by molar-refractivity contribution is -0.113. The molecular weight excluding hydrogens is 430 g/mol. The van der Waals surface area contributed by atoms with Crippen molar-refractivity contribution in [3.05, 3.63) is 83.3 Å². The lowest BCUT2D eigenvalue weighted by Crippen LogP contribution is -2.27. The number of phenols is 1. The average molecular weight is 450 g/mol. The van der Waals surface area contributed by atoms with Crippen LogP contribution in [0.3, 0.4) is 0 Å². The smallest absolute Gasteiger partial charge is 0.270 e. The van der Waals surface area contributed by atoms with Gasteiger partial charge in [0, 0.05) is 0 Å². The Balaban J connectivity index is 1.53. The molecule has 3 aromatic carbocycles. The van der Waals surface area contributed by atoms with E-state index >= 15 is 0 Å². The summed E-state index contributed by atoms with van der Waals surface area (Å²) in [7, 11) is 0. The van der Waals surface area contributed by atoms with Gasteiger partial charge < -0.3 is 14.6 Å². The van der Waals surface area contributed by atoms with Crippen LogP contribution in [0, 0.1) is 0 Å². The summed E-state index contributed by atoms with van der Waals surface area (Å²) in [6.45, 7) is 2.27. The van der Waals surface area contributed by atoms with Crippen molar-refractivity contribution < 1.29 is 19.4 Å². The highest BCUT2D eigenvalue weighted by Crippen LogP contribution is 2.37. The largest absolute Gasteiger partial charge is 0.504 e. The quantitative estimate of drug-likeness (QED) is 0.369. The van der Waals surface area contributed by atoms with Crippen LogP contribution in [-0.2, 0) is 4.79 Å². The Kier molecular flexibility index (Phi) is 6.25. The van der Waals surface area contributed by atoms with Crippen LogP contribution in [-0.4, -0.2) is 21.9 Å². The van der Waals surface area contributed by atoms with Gasteiger partial charge in [0.2, 0.25) is 0 Å². The third-order valence-electron chi connectivity index (χ3n) is 4.45. The second-order valence-corrected chi connectivity index (χ2v) is 8.26. The molecule has 0 saturated carbocycles. The third-order valence-corrected chi connectivity index (χ3v) is 5.75. The second kappa shape index (κ2) is 9.24. The van der Waals surface area contributed by atoms with Gasteiger partial charge in [-0.3, -0.25) is 9.69 Å². The normalized spacial score (nSPS) is 14.9. The van der Waals surface area contributed by atoms with Gasteiger partial charge in [-0.2, -0.15) is 0 Å². The van der Waals surface area contributed by atoms with Gasteiger partial charge in [-0.15, -0.1) is 0 Å². The molecule has 1 aliphatic heterocycles. The molecule has 1 heterocycles. The molecule has 5 nitrogen and oxygen atoms in total. The Morgan fingerprint density at radius 3 is 2.45 bits per heavy atom. The SMILES string of the molecule is CCOc1cc(/C=C2\SC(=S)N(c3ccc(Oc4ccccc4)cc3)C2=O)ccc1O. The molecule has 31 heavy (non-hydrogen) atoms. The van der Waals surface area contributed by atoms with Crippen LogP contribution in [0.5, 0.6) is 23.0 Å². The van der Waals surface area contributed by atoms with Crippen LogP contribution < -0.4 is 14.4 Å². The molecule has 0 aromatic heterocycles. The highest BCUT2D eigenvalue weighted by molar-refractivity contribution is 8.27. The highest BCUT2D eigenvalue weighted by atomic mass is 32.2. The first-order valence-corrected chi connectivity index (χ1v) is 10.8. The van der Waals surface area contributed by atoms with Crippen molar-refractivity contribution in [2.45, 2.75) is 6.92 Å². The molecular formula is C24H19NO4S2. The van der Waals surface area contributed by atoms with Crippen molar-refractivity contribution in [1.82, 2.24) is 0 Å². The lowest BCUT2D eigenvalue weighted by Gasteiger charge is -2.15. The molecule has 4 rings (SSSR count). The first-order chi connectivity index (χ1) is 15.0. The summed E-state index contributed by atoms with van der Waals surface area (Å²) in [6.07, 6.45) is 1.74. The number of carbonyl (C=O) groups is 1. The van der Waals surface area contributed by atoms with E-state index in [9.17, 15) is 9.90 Å². The fraction of sp³-hybridized carbons (Fsp3) is 0.0833. The number of benzene rings is 3. The number of para-hydroxylation sites is 1. The first kappa shape index (κ1) is 21.0. The van der Waals surface area contributed by atoms with E-state index in [2.05, 4.69) is 0 Å². The van der Waals surface area contributed by atoms with Crippen LogP contribution in [0.1, 0.15) is 12.5 Å². The fourth-order valence-electron chi connectivity index (χ4n) is 3.02. The van der Waals surface area contributed by atoms with E-state index in [-0.39, 0.29) is 11.7 Å². The van der Waals surface area contributed by atoms with E-state index in [1.165, 1.54) is 16.7 Å². The zero-order valence-corrected chi connectivity index (χ0v) is 18.3. The molecule has 1 aliphatic rings. The van der Waals surface area contributed by atoms with Crippen molar-refractivity contribution in [2.24, 2.45) is 0 Å². The number of thiocarbonyl (C=S) groups is 1. The minimum Gasteiger partial charge on any atom is -0.504 e. The predicted octanol–water partition coefficient (Wildman–Crippen LogP) is 5.99. The van der Waals surface area contributed by atoms with Crippen molar-refractivity contribution in [2.75, 3.05) is 11.5 Å². The standard InChI is InChI=1S/C24H19NO4S2/c1-2-28-21-14-16(8-13-20(21)26)15-22-23(27)25(24(30)31-22)17-9-11-19(12-10-17)29-18-6-4-3-5-7-18/h3-15,26H,2H2,1H3/b22-15-. The Morgan fingerprint density at radius 2 is 1.74 bits per heavy atom. The number of rotatable bonds is 6. The zero-order valence-electron chi connectivity index (χ0n) is 16.6. The molecule has 0 atom stereocenters. The number of ether oxygens (including phenoxy) is 2. The highest BCUT2D eigenvalue weighted by Gasteiger charge is 2.33. The summed E-state index contributed by atoms with van der Waals surface area (Å²) in [4.78, 5) is 15.0. The molecule has 0 spiro atoms. The van der Waals surface area contributed by atoms with E-state index in [0.29, 0.717) is 33.0 Å². The molecule has 3 aromatic rings. The number of phenolic OH excluding ortho intramolecular Hbond substituents is 1. The molecule has 1 saturated heterocycles. The molecule has 1 fully saturated rings. The van der Waals surface area contributed by atoms with Gasteiger partial charge in [0.1, 0.15) is 11.5 Å². The van der Waals surface area contributed by atoms with Gasteiger partial charge in [-0.1, -0.05) is 48.2 Å². The summed E-state index contributed by atoms with van der Waals surface area (Å²) in [5, 5.41) is 9.87. The molecule has 1 N–H and O–H groups in total. The Bertz CT molecular complexity index is 1140. The maximum absolute atomic E-state index is 13.0. The minimum atomic E-state index is -0.197. The molecule has 1 amide bonds. The predicted molar refractivity (Wildman–Crippen MR) is 128 cm³/mol. The van der Waals surface area contributed by atoms with Gasteiger partial charge in [0.05, 0.1) is 17.2 Å². The Labute approximate surface area is 189 Å². The maximum Gasteiger partial charge on any atom is 0.270 e. The number of anilines is 1. The Hall–Kier alpha value is -3.29. The van der Waals surface area contributed by atoms with Crippen molar-refractivity contribution in [3.8, 4) is 23.0 Å². The summed E-state index contributed by atoms with van der Waals surface area (Å²) in [5.74, 6) is 1.65. The molecule has 0 bridgehead atoms. The van der Waals surface area contributed by atoms with Gasteiger partial charge in [0.15, 0.2) is 15.8 Å². The van der Waals surface area contributed by atoms with Crippen LogP contribution >= 0.6 is 24.0 Å². The summed E-state index contributed by atoms with van der Waals surface area (Å²) >= 11 is 6.69. The summed E-state index contributed by atoms with van der Waals surface area (Å²) < 4.78 is 11.7. The molecule has 156 valence electrons. The third kappa shape index (κ3) is 4.73. The van der Waals surface area contributed by atoms with Crippen LogP contribution in [0.25, 0.3) is 6.08 Å². The van der Waals surface area contributed by atoms with Crippen molar-refractivity contribution in [1.29, 1.82) is 0 Å². The number of amides is 1. The van der Waals surface area contributed by atoms with E-state index < -0.39 is 0 Å². The maximum atomic E-state index is 13.0. The van der Waals surface area contributed by atoms with E-state index in [4.69, 9.17) is 21.7 Å². The number of carbonyl (C=O) groups excluding carboxylic acids is 1. The number of hydrogen-bond acceptors (Lipinski definition) is 6. The monoisotopic (exact) mass is 449 g/mol.